The number of aryl methyl sites for hydroxylation is 1. The van der Waals surface area contributed by atoms with Crippen LogP contribution in [0.1, 0.15) is 23.2 Å². The third kappa shape index (κ3) is 4.22. The predicted molar refractivity (Wildman–Crippen MR) is 58.5 cm³/mol. The lowest BCUT2D eigenvalue weighted by atomic mass is 10.1. The molecule has 1 rings (SSSR count). The Bertz CT molecular complexity index is 391. The Balaban J connectivity index is 2.51. The van der Waals surface area contributed by atoms with E-state index in [1.165, 1.54) is 0 Å². The van der Waals surface area contributed by atoms with E-state index >= 15 is 0 Å². The van der Waals surface area contributed by atoms with Crippen molar-refractivity contribution in [2.75, 3.05) is 12.3 Å². The van der Waals surface area contributed by atoms with Crippen LogP contribution in [0.4, 0.5) is 18.9 Å². The molecule has 0 radical (unpaired) electrons. The molecule has 1 aromatic heterocycles. The van der Waals surface area contributed by atoms with Crippen molar-refractivity contribution in [1.29, 1.82) is 0 Å². The van der Waals surface area contributed by atoms with Gasteiger partial charge in [-0.15, -0.1) is 0 Å². The van der Waals surface area contributed by atoms with Gasteiger partial charge in [-0.2, -0.15) is 13.2 Å². The van der Waals surface area contributed by atoms with Crippen molar-refractivity contribution in [3.63, 3.8) is 0 Å². The number of ether oxygens (including phenoxy) is 1. The van der Waals surface area contributed by atoms with E-state index < -0.39 is 12.6 Å². The fourth-order valence-corrected chi connectivity index (χ4v) is 1.29. The first-order valence-electron chi connectivity index (χ1n) is 5.16. The van der Waals surface area contributed by atoms with E-state index in [1.807, 2.05) is 6.92 Å². The average molecular weight is 248 g/mol. The van der Waals surface area contributed by atoms with Gasteiger partial charge in [-0.1, -0.05) is 0 Å². The highest BCUT2D eigenvalue weighted by molar-refractivity contribution is 5.53. The van der Waals surface area contributed by atoms with E-state index in [9.17, 15) is 13.2 Å². The number of halogens is 3. The van der Waals surface area contributed by atoms with E-state index in [-0.39, 0.29) is 13.2 Å². The molecule has 3 nitrogen and oxygen atoms in total. The first-order chi connectivity index (χ1) is 7.81. The molecule has 0 bridgehead atoms. The summed E-state index contributed by atoms with van der Waals surface area (Å²) < 4.78 is 40.5. The summed E-state index contributed by atoms with van der Waals surface area (Å²) in [5.41, 5.74) is 8.58. The van der Waals surface area contributed by atoms with Gasteiger partial charge < -0.3 is 10.5 Å². The normalized spacial score (nSPS) is 11.8. The van der Waals surface area contributed by atoms with Gasteiger partial charge in [0.15, 0.2) is 0 Å². The molecule has 0 amide bonds. The van der Waals surface area contributed by atoms with Crippen LogP contribution in [0, 0.1) is 13.8 Å². The van der Waals surface area contributed by atoms with E-state index in [4.69, 9.17) is 10.5 Å². The van der Waals surface area contributed by atoms with Crippen molar-refractivity contribution >= 4 is 5.69 Å². The van der Waals surface area contributed by atoms with Gasteiger partial charge in [0.25, 0.3) is 0 Å². The molecule has 0 aliphatic carbocycles. The monoisotopic (exact) mass is 248 g/mol. The second kappa shape index (κ2) is 5.35. The second-order valence-corrected chi connectivity index (χ2v) is 3.84. The maximum Gasteiger partial charge on any atom is 0.391 e. The largest absolute Gasteiger partial charge is 0.398 e. The van der Waals surface area contributed by atoms with Gasteiger partial charge in [-0.25, -0.2) is 0 Å². The molecular formula is C11H15F3N2O. The van der Waals surface area contributed by atoms with E-state index in [0.717, 1.165) is 11.1 Å². The Morgan fingerprint density at radius 3 is 2.59 bits per heavy atom. The minimum atomic E-state index is -4.19. The summed E-state index contributed by atoms with van der Waals surface area (Å²) in [6.45, 7) is 3.28. The molecule has 2 N–H and O–H groups in total. The molecular weight excluding hydrogens is 233 g/mol. The molecule has 0 aromatic carbocycles. The van der Waals surface area contributed by atoms with Crippen molar-refractivity contribution in [2.45, 2.75) is 33.1 Å². The van der Waals surface area contributed by atoms with E-state index in [2.05, 4.69) is 4.98 Å². The van der Waals surface area contributed by atoms with Crippen LogP contribution in [0.3, 0.4) is 0 Å². The van der Waals surface area contributed by atoms with E-state index in [0.29, 0.717) is 11.4 Å². The molecule has 17 heavy (non-hydrogen) atoms. The number of pyridine rings is 1. The fraction of sp³-hybridized carbons (Fsp3) is 0.545. The van der Waals surface area contributed by atoms with Crippen LogP contribution in [0.2, 0.25) is 0 Å². The fourth-order valence-electron chi connectivity index (χ4n) is 1.29. The first-order valence-corrected chi connectivity index (χ1v) is 5.16. The van der Waals surface area contributed by atoms with Crippen molar-refractivity contribution in [1.82, 2.24) is 4.98 Å². The highest BCUT2D eigenvalue weighted by Gasteiger charge is 2.26. The summed E-state index contributed by atoms with van der Waals surface area (Å²) >= 11 is 0. The van der Waals surface area contributed by atoms with Crippen molar-refractivity contribution in [3.05, 3.63) is 23.0 Å². The van der Waals surface area contributed by atoms with Gasteiger partial charge >= 0.3 is 6.18 Å². The third-order valence-electron chi connectivity index (χ3n) is 2.44. The molecule has 6 heteroatoms. The molecule has 1 aromatic rings. The lowest BCUT2D eigenvalue weighted by Gasteiger charge is -2.11. The summed E-state index contributed by atoms with van der Waals surface area (Å²) in [4.78, 5) is 4.09. The number of nitrogens with zero attached hydrogens (tertiary/aromatic N) is 1. The predicted octanol–water partition coefficient (Wildman–Crippen LogP) is 2.75. The van der Waals surface area contributed by atoms with Crippen LogP contribution in [-0.2, 0) is 11.3 Å². The molecule has 0 saturated carbocycles. The number of nitrogen functional groups attached to an aromatic ring is 1. The number of hydrogen-bond donors (Lipinski definition) is 1. The van der Waals surface area contributed by atoms with E-state index in [1.54, 1.807) is 13.1 Å². The van der Waals surface area contributed by atoms with Crippen molar-refractivity contribution in [3.8, 4) is 0 Å². The number of alkyl halides is 3. The number of nitrogens with two attached hydrogens (primary N) is 1. The SMILES string of the molecule is Cc1cnc(COCCC(F)(F)F)c(C)c1N. The van der Waals surface area contributed by atoms with Gasteiger partial charge in [-0.3, -0.25) is 4.98 Å². The molecule has 0 spiro atoms. The quantitative estimate of drug-likeness (QED) is 0.833. The number of anilines is 1. The number of rotatable bonds is 4. The maximum absolute atomic E-state index is 11.9. The second-order valence-electron chi connectivity index (χ2n) is 3.84. The summed E-state index contributed by atoms with van der Waals surface area (Å²) in [6, 6.07) is 0. The Kier molecular flexibility index (Phi) is 4.34. The van der Waals surface area contributed by atoms with Gasteiger partial charge in [-0.05, 0) is 25.0 Å². The number of aromatic nitrogens is 1. The number of hydrogen-bond acceptors (Lipinski definition) is 3. The molecule has 0 aliphatic rings. The third-order valence-corrected chi connectivity index (χ3v) is 2.44. The van der Waals surface area contributed by atoms with Gasteiger partial charge in [0, 0.05) is 11.9 Å². The van der Waals surface area contributed by atoms with Gasteiger partial charge in [0.1, 0.15) is 0 Å². The summed E-state index contributed by atoms with van der Waals surface area (Å²) in [6.07, 6.45) is -3.55. The smallest absolute Gasteiger partial charge is 0.391 e. The van der Waals surface area contributed by atoms with Crippen LogP contribution in [0.25, 0.3) is 0 Å². The molecule has 0 atom stereocenters. The van der Waals surface area contributed by atoms with Crippen LogP contribution in [-0.4, -0.2) is 17.8 Å². The Morgan fingerprint density at radius 2 is 2.00 bits per heavy atom. The summed E-state index contributed by atoms with van der Waals surface area (Å²) in [5.74, 6) is 0. The van der Waals surface area contributed by atoms with Crippen LogP contribution in [0.15, 0.2) is 6.20 Å². The topological polar surface area (TPSA) is 48.1 Å². The Morgan fingerprint density at radius 1 is 1.35 bits per heavy atom. The standard InChI is InChI=1S/C11H15F3N2O/c1-7-5-16-9(8(2)10(7)15)6-17-4-3-11(12,13)14/h5H,3-4,6H2,1-2H3,(H2,15,16). The Hall–Kier alpha value is -1.30. The first kappa shape index (κ1) is 13.8. The zero-order valence-electron chi connectivity index (χ0n) is 9.77. The molecule has 0 saturated heterocycles. The van der Waals surface area contributed by atoms with Crippen LogP contribution < -0.4 is 5.73 Å². The zero-order valence-corrected chi connectivity index (χ0v) is 9.77. The molecule has 96 valence electrons. The van der Waals surface area contributed by atoms with Gasteiger partial charge in [0.05, 0.1) is 25.3 Å². The molecule has 0 unspecified atom stereocenters. The minimum Gasteiger partial charge on any atom is -0.398 e. The van der Waals surface area contributed by atoms with Crippen molar-refractivity contribution in [2.24, 2.45) is 0 Å². The summed E-state index contributed by atoms with van der Waals surface area (Å²) in [5, 5.41) is 0. The van der Waals surface area contributed by atoms with Crippen molar-refractivity contribution < 1.29 is 17.9 Å². The molecule has 0 fully saturated rings. The maximum atomic E-state index is 11.9. The van der Waals surface area contributed by atoms with Gasteiger partial charge in [0.2, 0.25) is 0 Å². The molecule has 1 heterocycles. The van der Waals surface area contributed by atoms with Crippen LogP contribution >= 0.6 is 0 Å². The summed E-state index contributed by atoms with van der Waals surface area (Å²) in [7, 11) is 0. The molecule has 0 aliphatic heterocycles. The lowest BCUT2D eigenvalue weighted by Crippen LogP contribution is -2.12. The average Bonchev–Trinajstić information content (AvgIpc) is 2.22. The highest BCUT2D eigenvalue weighted by atomic mass is 19.4. The lowest BCUT2D eigenvalue weighted by molar-refractivity contribution is -0.146. The zero-order chi connectivity index (χ0) is 13.1. The van der Waals surface area contributed by atoms with Crippen LogP contribution in [0.5, 0.6) is 0 Å². The Labute approximate surface area is 97.8 Å². The highest BCUT2D eigenvalue weighted by Crippen LogP contribution is 2.21. The minimum absolute atomic E-state index is 0.0480.